The van der Waals surface area contributed by atoms with Crippen molar-refractivity contribution in [1.29, 1.82) is 0 Å². The molecule has 7 rings (SSSR count). The summed E-state index contributed by atoms with van der Waals surface area (Å²) in [5, 5.41) is 13.4. The number of aromatic nitrogens is 4. The van der Waals surface area contributed by atoms with Gasteiger partial charge in [0.25, 0.3) is 5.88 Å². The first-order valence-corrected chi connectivity index (χ1v) is 14.7. The summed E-state index contributed by atoms with van der Waals surface area (Å²) in [6.45, 7) is 4.30. The van der Waals surface area contributed by atoms with Gasteiger partial charge in [0.1, 0.15) is 28.1 Å². The number of ether oxygens (including phenoxy) is 2. The zero-order valence-corrected chi connectivity index (χ0v) is 23.8. The monoisotopic (exact) mass is 576 g/mol. The number of anilines is 1. The van der Waals surface area contributed by atoms with E-state index in [-0.39, 0.29) is 11.8 Å². The van der Waals surface area contributed by atoms with Crippen LogP contribution in [0, 0.1) is 6.92 Å². The number of aryl methyl sites for hydroxylation is 1. The molecule has 10 heteroatoms. The van der Waals surface area contributed by atoms with Crippen LogP contribution in [-0.2, 0) is 11.3 Å². The lowest BCUT2D eigenvalue weighted by molar-refractivity contribution is -0.128. The fraction of sp³-hybridized carbons (Fsp3) is 0.219. The van der Waals surface area contributed by atoms with E-state index in [0.717, 1.165) is 26.7 Å². The van der Waals surface area contributed by atoms with E-state index in [1.165, 1.54) is 5.56 Å². The van der Waals surface area contributed by atoms with Crippen molar-refractivity contribution in [3.8, 4) is 39.2 Å². The molecule has 1 fully saturated rings. The van der Waals surface area contributed by atoms with Crippen LogP contribution in [0.2, 0.25) is 0 Å². The Hall–Kier alpha value is -4.83. The van der Waals surface area contributed by atoms with Gasteiger partial charge in [-0.25, -0.2) is 9.97 Å². The molecule has 0 spiro atoms. The number of hydrogen-bond donors (Lipinski definition) is 1. The Bertz CT molecular complexity index is 1740. The fourth-order valence-corrected chi connectivity index (χ4v) is 5.97. The van der Waals surface area contributed by atoms with Gasteiger partial charge >= 0.3 is 0 Å². The number of amides is 1. The van der Waals surface area contributed by atoms with Gasteiger partial charge in [0.2, 0.25) is 5.91 Å². The SMILES string of the molecule is Cc1nnc(-c2ccc(Oc3cc(-c4cnc5c(n4)OCCN5)ccc3CN3C[C@H](c4ccccc4)CC3=O)cc2)s1. The van der Waals surface area contributed by atoms with E-state index in [1.807, 2.05) is 72.5 Å². The summed E-state index contributed by atoms with van der Waals surface area (Å²) in [5.41, 5.74) is 4.60. The minimum Gasteiger partial charge on any atom is -0.473 e. The molecule has 1 amide bonds. The van der Waals surface area contributed by atoms with E-state index in [1.54, 1.807) is 17.5 Å². The normalized spacial score (nSPS) is 16.1. The van der Waals surface area contributed by atoms with Gasteiger partial charge in [0.15, 0.2) is 5.82 Å². The van der Waals surface area contributed by atoms with E-state index >= 15 is 0 Å². The molecule has 0 aliphatic carbocycles. The van der Waals surface area contributed by atoms with Gasteiger partial charge in [-0.2, -0.15) is 0 Å². The van der Waals surface area contributed by atoms with Gasteiger partial charge in [-0.1, -0.05) is 53.8 Å². The number of hydrogen-bond acceptors (Lipinski definition) is 9. The maximum absolute atomic E-state index is 13.1. The zero-order chi connectivity index (χ0) is 28.5. The average molecular weight is 577 g/mol. The van der Waals surface area contributed by atoms with Crippen LogP contribution >= 0.6 is 11.3 Å². The zero-order valence-electron chi connectivity index (χ0n) is 23.0. The minimum atomic E-state index is 0.140. The van der Waals surface area contributed by atoms with Crippen LogP contribution in [0.1, 0.15) is 28.5 Å². The number of nitrogens with one attached hydrogen (secondary N) is 1. The number of likely N-dealkylation sites (tertiary alicyclic amines) is 1. The highest BCUT2D eigenvalue weighted by Crippen LogP contribution is 2.36. The van der Waals surface area contributed by atoms with Crippen LogP contribution in [0.4, 0.5) is 5.82 Å². The molecular formula is C32H28N6O3S. The molecule has 1 atom stereocenters. The molecule has 210 valence electrons. The molecule has 2 aromatic heterocycles. The van der Waals surface area contributed by atoms with Crippen molar-refractivity contribution in [2.45, 2.75) is 25.8 Å². The summed E-state index contributed by atoms with van der Waals surface area (Å²) < 4.78 is 12.2. The summed E-state index contributed by atoms with van der Waals surface area (Å²) in [4.78, 5) is 24.2. The molecule has 2 aliphatic heterocycles. The number of nitrogens with zero attached hydrogens (tertiary/aromatic N) is 5. The molecule has 0 bridgehead atoms. The Morgan fingerprint density at radius 3 is 2.69 bits per heavy atom. The summed E-state index contributed by atoms with van der Waals surface area (Å²) in [6, 6.07) is 24.0. The highest BCUT2D eigenvalue weighted by atomic mass is 32.1. The number of rotatable bonds is 7. The van der Waals surface area contributed by atoms with Gasteiger partial charge in [0.05, 0.1) is 18.4 Å². The summed E-state index contributed by atoms with van der Waals surface area (Å²) in [6.07, 6.45) is 2.23. The topological polar surface area (TPSA) is 102 Å². The van der Waals surface area contributed by atoms with Crippen LogP contribution in [0.5, 0.6) is 17.4 Å². The van der Waals surface area contributed by atoms with Crippen molar-refractivity contribution in [2.75, 3.05) is 25.0 Å². The Morgan fingerprint density at radius 1 is 1.05 bits per heavy atom. The second kappa shape index (κ2) is 11.2. The van der Waals surface area contributed by atoms with Crippen molar-refractivity contribution in [1.82, 2.24) is 25.1 Å². The van der Waals surface area contributed by atoms with Gasteiger partial charge in [-0.3, -0.25) is 4.79 Å². The first-order valence-electron chi connectivity index (χ1n) is 13.9. The Balaban J connectivity index is 1.19. The molecule has 4 heterocycles. The summed E-state index contributed by atoms with van der Waals surface area (Å²) in [5.74, 6) is 2.78. The number of carbonyl (C=O) groups excluding carboxylic acids is 1. The van der Waals surface area contributed by atoms with Crippen LogP contribution < -0.4 is 14.8 Å². The van der Waals surface area contributed by atoms with Crippen LogP contribution in [0.25, 0.3) is 21.8 Å². The third-order valence-corrected chi connectivity index (χ3v) is 8.33. The Morgan fingerprint density at radius 2 is 1.88 bits per heavy atom. The third-order valence-electron chi connectivity index (χ3n) is 7.44. The van der Waals surface area contributed by atoms with Crippen molar-refractivity contribution >= 4 is 23.1 Å². The quantitative estimate of drug-likeness (QED) is 0.249. The lowest BCUT2D eigenvalue weighted by Crippen LogP contribution is -2.24. The molecule has 1 saturated heterocycles. The highest BCUT2D eigenvalue weighted by molar-refractivity contribution is 7.14. The fourth-order valence-electron chi connectivity index (χ4n) is 5.27. The largest absolute Gasteiger partial charge is 0.473 e. The molecule has 0 saturated carbocycles. The van der Waals surface area contributed by atoms with E-state index in [4.69, 9.17) is 9.47 Å². The molecule has 0 radical (unpaired) electrons. The van der Waals surface area contributed by atoms with Crippen LogP contribution in [-0.4, -0.2) is 50.7 Å². The lowest BCUT2D eigenvalue weighted by Gasteiger charge is -2.20. The molecular weight excluding hydrogens is 548 g/mol. The molecule has 42 heavy (non-hydrogen) atoms. The van der Waals surface area contributed by atoms with Gasteiger partial charge in [-0.05, 0) is 42.8 Å². The van der Waals surface area contributed by atoms with Crippen molar-refractivity contribution in [2.24, 2.45) is 0 Å². The first-order chi connectivity index (χ1) is 20.6. The molecule has 1 N–H and O–H groups in total. The molecule has 9 nitrogen and oxygen atoms in total. The third kappa shape index (κ3) is 5.40. The number of carbonyl (C=O) groups is 1. The first kappa shape index (κ1) is 26.1. The molecule has 5 aromatic rings. The van der Waals surface area contributed by atoms with Gasteiger partial charge in [0, 0.05) is 42.1 Å². The predicted molar refractivity (Wildman–Crippen MR) is 161 cm³/mol. The van der Waals surface area contributed by atoms with Gasteiger partial charge < -0.3 is 19.7 Å². The predicted octanol–water partition coefficient (Wildman–Crippen LogP) is 6.08. The average Bonchev–Trinajstić information content (AvgIpc) is 3.63. The van der Waals surface area contributed by atoms with Crippen LogP contribution in [0.3, 0.4) is 0 Å². The summed E-state index contributed by atoms with van der Waals surface area (Å²) >= 11 is 1.55. The van der Waals surface area contributed by atoms with Crippen LogP contribution in [0.15, 0.2) is 79.0 Å². The van der Waals surface area contributed by atoms with E-state index in [9.17, 15) is 4.79 Å². The smallest absolute Gasteiger partial charge is 0.258 e. The maximum atomic E-state index is 13.1. The lowest BCUT2D eigenvalue weighted by atomic mass is 9.98. The molecule has 2 aliphatic rings. The van der Waals surface area contributed by atoms with E-state index < -0.39 is 0 Å². The van der Waals surface area contributed by atoms with Crippen molar-refractivity contribution < 1.29 is 14.3 Å². The Labute approximate surface area is 247 Å². The van der Waals surface area contributed by atoms with Gasteiger partial charge in [-0.15, -0.1) is 10.2 Å². The maximum Gasteiger partial charge on any atom is 0.258 e. The molecule has 0 unspecified atom stereocenters. The second-order valence-corrected chi connectivity index (χ2v) is 11.5. The highest BCUT2D eigenvalue weighted by Gasteiger charge is 2.31. The standard InChI is InChI=1S/C32H28N6O3S/c1-20-36-37-32(42-20)22-9-11-26(12-10-22)41-28-15-23(27-17-34-30-31(35-27)40-14-13-33-30)7-8-24(28)18-38-19-25(16-29(38)39)21-5-3-2-4-6-21/h2-12,15,17,25H,13-14,16,18-19H2,1H3,(H,33,34)/t25-/m1/s1. The number of fused-ring (bicyclic) bond motifs is 1. The number of benzene rings is 3. The van der Waals surface area contributed by atoms with Crippen molar-refractivity contribution in [3.05, 3.63) is 95.1 Å². The summed E-state index contributed by atoms with van der Waals surface area (Å²) in [7, 11) is 0. The van der Waals surface area contributed by atoms with E-state index in [2.05, 4.69) is 37.6 Å². The Kier molecular flexibility index (Phi) is 6.97. The second-order valence-electron chi connectivity index (χ2n) is 10.3. The van der Waals surface area contributed by atoms with Crippen molar-refractivity contribution in [3.63, 3.8) is 0 Å². The van der Waals surface area contributed by atoms with E-state index in [0.29, 0.717) is 61.6 Å². The minimum absolute atomic E-state index is 0.140. The molecule has 3 aromatic carbocycles.